The molecule has 1 aromatic rings. The molecule has 1 saturated heterocycles. The summed E-state index contributed by atoms with van der Waals surface area (Å²) in [7, 11) is 5.85. The predicted octanol–water partition coefficient (Wildman–Crippen LogP) is 0.422. The molecular weight excluding hydrogens is 423 g/mol. The Kier molecular flexibility index (Phi) is 9.08. The van der Waals surface area contributed by atoms with E-state index in [9.17, 15) is 14.3 Å². The van der Waals surface area contributed by atoms with E-state index in [0.717, 1.165) is 18.7 Å². The Morgan fingerprint density at radius 3 is 2.67 bits per heavy atom. The van der Waals surface area contributed by atoms with Crippen LogP contribution in [0, 0.1) is 5.82 Å². The fourth-order valence-electron chi connectivity index (χ4n) is 4.51. The van der Waals surface area contributed by atoms with Gasteiger partial charge in [0.2, 0.25) is 5.91 Å². The van der Waals surface area contributed by atoms with Crippen molar-refractivity contribution in [2.75, 3.05) is 89.8 Å². The highest BCUT2D eigenvalue weighted by Gasteiger charge is 2.27. The molecule has 2 aliphatic heterocycles. The summed E-state index contributed by atoms with van der Waals surface area (Å²) < 4.78 is 14.8. The highest BCUT2D eigenvalue weighted by atomic mass is 19.1. The summed E-state index contributed by atoms with van der Waals surface area (Å²) in [6.45, 7) is 5.52. The van der Waals surface area contributed by atoms with Crippen LogP contribution in [0.1, 0.15) is 6.42 Å². The number of hydrogen-bond donors (Lipinski definition) is 2. The number of hydrogen-bond acceptors (Lipinski definition) is 7. The topological polar surface area (TPSA) is 79.5 Å². The van der Waals surface area contributed by atoms with Gasteiger partial charge in [-0.15, -0.1) is 0 Å². The summed E-state index contributed by atoms with van der Waals surface area (Å²) in [4.78, 5) is 22.3. The van der Waals surface area contributed by atoms with Gasteiger partial charge in [0.25, 0.3) is 0 Å². The lowest BCUT2D eigenvalue weighted by molar-refractivity contribution is -0.127. The number of para-hydroxylation sites is 1. The number of rotatable bonds is 7. The van der Waals surface area contributed by atoms with Gasteiger partial charge in [0, 0.05) is 78.1 Å². The number of β-amino-alcohol motifs (C(OH)–C–C–N with tert-alkyl or cyclic N) is 1. The Morgan fingerprint density at radius 2 is 1.97 bits per heavy atom. The van der Waals surface area contributed by atoms with Crippen LogP contribution in [-0.2, 0) is 4.79 Å². The third-order valence-electron chi connectivity index (χ3n) is 6.29. The van der Waals surface area contributed by atoms with Crippen LogP contribution in [0.5, 0.6) is 0 Å². The van der Waals surface area contributed by atoms with Gasteiger partial charge < -0.3 is 30.4 Å². The maximum Gasteiger partial charge on any atom is 0.246 e. The largest absolute Gasteiger partial charge is 0.390 e. The average molecular weight is 463 g/mol. The van der Waals surface area contributed by atoms with Crippen LogP contribution in [0.4, 0.5) is 15.8 Å². The van der Waals surface area contributed by atoms with Crippen LogP contribution < -0.4 is 15.5 Å². The summed E-state index contributed by atoms with van der Waals surface area (Å²) in [6.07, 6.45) is 3.61. The predicted molar refractivity (Wildman–Crippen MR) is 131 cm³/mol. The van der Waals surface area contributed by atoms with Crippen molar-refractivity contribution in [3.63, 3.8) is 0 Å². The first kappa shape index (κ1) is 25.4. The maximum atomic E-state index is 14.8. The molecule has 1 unspecified atom stereocenters. The molecule has 33 heavy (non-hydrogen) atoms. The first-order chi connectivity index (χ1) is 15.7. The third kappa shape index (κ3) is 7.14. The van der Waals surface area contributed by atoms with Gasteiger partial charge in [0.15, 0.2) is 0 Å². The molecule has 2 atom stereocenters. The SMILES string of the molecule is CN(C)C/C=C/C(=O)N1CCN(CC(O)CN2CC[C@H](N)CN(C)c3cccc(F)c32)CC1. The van der Waals surface area contributed by atoms with E-state index >= 15 is 0 Å². The number of nitrogens with two attached hydrogens (primary N) is 1. The Labute approximate surface area is 197 Å². The number of aliphatic hydroxyl groups is 1. The second kappa shape index (κ2) is 11.8. The van der Waals surface area contributed by atoms with Gasteiger partial charge in [-0.1, -0.05) is 12.1 Å². The number of benzene rings is 1. The molecule has 1 aromatic carbocycles. The molecule has 1 fully saturated rings. The van der Waals surface area contributed by atoms with E-state index in [1.807, 2.05) is 52.9 Å². The summed E-state index contributed by atoms with van der Waals surface area (Å²) in [5.74, 6) is -0.248. The van der Waals surface area contributed by atoms with E-state index in [1.165, 1.54) is 6.07 Å². The van der Waals surface area contributed by atoms with Crippen LogP contribution >= 0.6 is 0 Å². The average Bonchev–Trinajstić information content (AvgIpc) is 2.76. The highest BCUT2D eigenvalue weighted by Crippen LogP contribution is 2.33. The molecule has 2 aliphatic rings. The minimum Gasteiger partial charge on any atom is -0.390 e. The quantitative estimate of drug-likeness (QED) is 0.569. The van der Waals surface area contributed by atoms with Crippen molar-refractivity contribution in [1.82, 2.24) is 14.7 Å². The number of nitrogens with zero attached hydrogens (tertiary/aromatic N) is 5. The lowest BCUT2D eigenvalue weighted by Gasteiger charge is -2.38. The summed E-state index contributed by atoms with van der Waals surface area (Å²) >= 11 is 0. The van der Waals surface area contributed by atoms with Crippen molar-refractivity contribution in [3.05, 3.63) is 36.2 Å². The first-order valence-electron chi connectivity index (χ1n) is 11.8. The number of halogens is 1. The summed E-state index contributed by atoms with van der Waals surface area (Å²) in [6, 6.07) is 5.07. The second-order valence-corrected chi connectivity index (χ2v) is 9.43. The number of piperazine rings is 1. The van der Waals surface area contributed by atoms with Crippen molar-refractivity contribution in [1.29, 1.82) is 0 Å². The number of fused-ring (bicyclic) bond motifs is 1. The van der Waals surface area contributed by atoms with Crippen molar-refractivity contribution >= 4 is 17.3 Å². The van der Waals surface area contributed by atoms with Crippen molar-refractivity contribution in [2.24, 2.45) is 5.73 Å². The molecule has 0 aromatic heterocycles. The molecule has 184 valence electrons. The highest BCUT2D eigenvalue weighted by molar-refractivity contribution is 5.87. The number of amides is 1. The van der Waals surface area contributed by atoms with E-state index in [2.05, 4.69) is 4.90 Å². The molecule has 2 heterocycles. The van der Waals surface area contributed by atoms with E-state index in [4.69, 9.17) is 5.73 Å². The van der Waals surface area contributed by atoms with Gasteiger partial charge in [-0.05, 0) is 32.6 Å². The Hall–Kier alpha value is -2.20. The van der Waals surface area contributed by atoms with Crippen LogP contribution in [0.25, 0.3) is 0 Å². The first-order valence-corrected chi connectivity index (χ1v) is 11.8. The van der Waals surface area contributed by atoms with Crippen LogP contribution in [0.15, 0.2) is 30.4 Å². The standard InChI is InChI=1S/C24H39FN6O2/c1-27(2)10-5-8-23(33)30-14-12-29(13-15-30)17-20(32)18-31-11-9-19(26)16-28(3)22-7-4-6-21(25)24(22)31/h4-8,19-20,32H,9-18,26H2,1-3H3/b8-5+/t19-,20?/m0/s1. The monoisotopic (exact) mass is 462 g/mol. The van der Waals surface area contributed by atoms with Crippen LogP contribution in [-0.4, -0.2) is 118 Å². The van der Waals surface area contributed by atoms with Gasteiger partial charge in [0.05, 0.1) is 17.5 Å². The van der Waals surface area contributed by atoms with Crippen LogP contribution in [0.2, 0.25) is 0 Å². The van der Waals surface area contributed by atoms with Gasteiger partial charge in [-0.2, -0.15) is 0 Å². The van der Waals surface area contributed by atoms with E-state index in [0.29, 0.717) is 58.0 Å². The van der Waals surface area contributed by atoms with Crippen molar-refractivity contribution < 1.29 is 14.3 Å². The number of anilines is 2. The zero-order valence-corrected chi connectivity index (χ0v) is 20.2. The minimum atomic E-state index is -0.638. The molecule has 0 bridgehead atoms. The van der Waals surface area contributed by atoms with Gasteiger partial charge in [-0.25, -0.2) is 4.39 Å². The molecule has 0 spiro atoms. The lowest BCUT2D eigenvalue weighted by Crippen LogP contribution is -2.51. The Morgan fingerprint density at radius 1 is 1.24 bits per heavy atom. The fourth-order valence-corrected chi connectivity index (χ4v) is 4.51. The normalized spacial score (nSPS) is 21.3. The van der Waals surface area contributed by atoms with E-state index < -0.39 is 6.10 Å². The van der Waals surface area contributed by atoms with Crippen molar-refractivity contribution in [3.8, 4) is 0 Å². The zero-order valence-electron chi connectivity index (χ0n) is 20.2. The summed E-state index contributed by atoms with van der Waals surface area (Å²) in [5.41, 5.74) is 7.57. The molecule has 3 N–H and O–H groups in total. The molecular formula is C24H39FN6O2. The molecule has 9 heteroatoms. The zero-order chi connectivity index (χ0) is 24.0. The number of likely N-dealkylation sites (N-methyl/N-ethyl adjacent to an activating group) is 2. The minimum absolute atomic E-state index is 0.0107. The number of aliphatic hydroxyl groups excluding tert-OH is 1. The Balaban J connectivity index is 1.56. The summed E-state index contributed by atoms with van der Waals surface area (Å²) in [5, 5.41) is 10.9. The molecule has 0 saturated carbocycles. The molecule has 1 amide bonds. The van der Waals surface area contributed by atoms with Gasteiger partial charge in [-0.3, -0.25) is 9.69 Å². The smallest absolute Gasteiger partial charge is 0.246 e. The molecule has 0 aliphatic carbocycles. The van der Waals surface area contributed by atoms with Crippen molar-refractivity contribution in [2.45, 2.75) is 18.6 Å². The molecule has 0 radical (unpaired) electrons. The molecule has 3 rings (SSSR count). The fraction of sp³-hybridized carbons (Fsp3) is 0.625. The molecule has 8 nitrogen and oxygen atoms in total. The number of carbonyl (C=O) groups is 1. The van der Waals surface area contributed by atoms with Gasteiger partial charge in [0.1, 0.15) is 5.82 Å². The maximum absolute atomic E-state index is 14.8. The lowest BCUT2D eigenvalue weighted by atomic mass is 10.1. The number of carbonyl (C=O) groups excluding carboxylic acids is 1. The second-order valence-electron chi connectivity index (χ2n) is 9.43. The Bertz CT molecular complexity index is 812. The van der Waals surface area contributed by atoms with Gasteiger partial charge >= 0.3 is 0 Å². The van der Waals surface area contributed by atoms with E-state index in [-0.39, 0.29) is 17.8 Å². The van der Waals surface area contributed by atoms with Crippen LogP contribution in [0.3, 0.4) is 0 Å². The third-order valence-corrected chi connectivity index (χ3v) is 6.29. The van der Waals surface area contributed by atoms with E-state index in [1.54, 1.807) is 12.1 Å².